The summed E-state index contributed by atoms with van der Waals surface area (Å²) >= 11 is 0. The number of methoxy groups -OCH3 is 1. The van der Waals surface area contributed by atoms with Crippen LogP contribution in [0.5, 0.6) is 17.2 Å². The van der Waals surface area contributed by atoms with E-state index in [-0.39, 0.29) is 43.0 Å². The number of ether oxygens (including phenoxy) is 3. The Balaban J connectivity index is 1.58. The first-order valence-electron chi connectivity index (χ1n) is 14.7. The molecule has 0 radical (unpaired) electrons. The van der Waals surface area contributed by atoms with E-state index in [0.29, 0.717) is 62.7 Å². The van der Waals surface area contributed by atoms with Crippen molar-refractivity contribution < 1.29 is 28.9 Å². The molecule has 40 heavy (non-hydrogen) atoms. The van der Waals surface area contributed by atoms with Crippen LogP contribution in [0.4, 0.5) is 0 Å². The lowest BCUT2D eigenvalue weighted by Crippen LogP contribution is -2.45. The molecule has 3 aliphatic rings. The SMILES string of the molecule is C=C[C@@H]1[C@@H](c2cc(OC)c3c(c2)OCO3)CN(CC(=O)N(CCCC)CCCCN)[C@H]1CCN1C(=O)CCC1O. The van der Waals surface area contributed by atoms with Crippen molar-refractivity contribution in [1.82, 2.24) is 14.7 Å². The normalized spacial score (nSPS) is 24.1. The number of carbonyl (C=O) groups is 2. The monoisotopic (exact) mass is 558 g/mol. The summed E-state index contributed by atoms with van der Waals surface area (Å²) in [4.78, 5) is 31.9. The first-order valence-corrected chi connectivity index (χ1v) is 14.7. The molecule has 0 spiro atoms. The van der Waals surface area contributed by atoms with E-state index in [1.54, 1.807) is 12.0 Å². The van der Waals surface area contributed by atoms with Gasteiger partial charge in [-0.05, 0) is 49.9 Å². The van der Waals surface area contributed by atoms with E-state index in [1.165, 1.54) is 0 Å². The quantitative estimate of drug-likeness (QED) is 0.249. The smallest absolute Gasteiger partial charge is 0.236 e. The van der Waals surface area contributed by atoms with Crippen molar-refractivity contribution in [2.45, 2.75) is 70.1 Å². The highest BCUT2D eigenvalue weighted by Gasteiger charge is 2.43. The summed E-state index contributed by atoms with van der Waals surface area (Å²) in [6.07, 6.45) is 6.45. The number of nitrogens with two attached hydrogens (primary N) is 1. The molecule has 1 aromatic rings. The summed E-state index contributed by atoms with van der Waals surface area (Å²) in [5, 5.41) is 10.4. The number of nitrogens with zero attached hydrogens (tertiary/aromatic N) is 3. The lowest BCUT2D eigenvalue weighted by molar-refractivity contribution is -0.135. The van der Waals surface area contributed by atoms with Gasteiger partial charge in [-0.25, -0.2) is 0 Å². The third-order valence-corrected chi connectivity index (χ3v) is 8.51. The molecule has 3 N–H and O–H groups in total. The number of benzene rings is 1. The Morgan fingerprint density at radius 3 is 2.75 bits per heavy atom. The van der Waals surface area contributed by atoms with E-state index in [1.807, 2.05) is 23.1 Å². The average Bonchev–Trinajstić information content (AvgIpc) is 3.65. The standard InChI is InChI=1S/C30H46N4O6/c1-4-6-13-32(14-8-7-12-31)29(37)19-33-18-23(21-16-25(38-3)30-26(17-21)39-20-40-30)22(5-2)24(33)11-15-34-27(35)9-10-28(34)36/h5,16-17,22-24,27,35H,2,4,6-15,18-20,31H2,1,3H3/t22-,23-,24+,27?/m1/s1. The van der Waals surface area contributed by atoms with Crippen LogP contribution < -0.4 is 19.9 Å². The van der Waals surface area contributed by atoms with Gasteiger partial charge in [0.05, 0.1) is 13.7 Å². The number of aliphatic hydroxyl groups excluding tert-OH is 1. The fourth-order valence-electron chi connectivity index (χ4n) is 6.29. The van der Waals surface area contributed by atoms with E-state index in [4.69, 9.17) is 19.9 Å². The van der Waals surface area contributed by atoms with Crippen LogP contribution in [0.15, 0.2) is 24.8 Å². The van der Waals surface area contributed by atoms with Crippen molar-refractivity contribution in [3.63, 3.8) is 0 Å². The fraction of sp³-hybridized carbons (Fsp3) is 0.667. The van der Waals surface area contributed by atoms with Gasteiger partial charge in [0.2, 0.25) is 24.4 Å². The summed E-state index contributed by atoms with van der Waals surface area (Å²) in [5.41, 5.74) is 6.75. The Kier molecular flexibility index (Phi) is 10.7. The maximum Gasteiger partial charge on any atom is 0.236 e. The molecule has 10 nitrogen and oxygen atoms in total. The van der Waals surface area contributed by atoms with E-state index in [9.17, 15) is 14.7 Å². The lowest BCUT2D eigenvalue weighted by Gasteiger charge is -2.31. The predicted molar refractivity (Wildman–Crippen MR) is 152 cm³/mol. The molecule has 2 fully saturated rings. The van der Waals surface area contributed by atoms with Crippen molar-refractivity contribution in [2.75, 3.05) is 53.2 Å². The van der Waals surface area contributed by atoms with Gasteiger partial charge in [-0.3, -0.25) is 14.5 Å². The molecular weight excluding hydrogens is 512 g/mol. The van der Waals surface area contributed by atoms with Gasteiger partial charge in [0.15, 0.2) is 11.5 Å². The van der Waals surface area contributed by atoms with Crippen LogP contribution >= 0.6 is 0 Å². The van der Waals surface area contributed by atoms with Crippen molar-refractivity contribution in [1.29, 1.82) is 0 Å². The zero-order valence-electron chi connectivity index (χ0n) is 24.1. The first-order chi connectivity index (χ1) is 19.4. The van der Waals surface area contributed by atoms with E-state index in [2.05, 4.69) is 18.4 Å². The van der Waals surface area contributed by atoms with Crippen LogP contribution in [-0.4, -0.2) is 97.1 Å². The van der Waals surface area contributed by atoms with E-state index >= 15 is 0 Å². The molecule has 3 aliphatic heterocycles. The molecule has 1 unspecified atom stereocenters. The number of carbonyl (C=O) groups excluding carboxylic acids is 2. The molecule has 2 amide bonds. The van der Waals surface area contributed by atoms with Crippen molar-refractivity contribution in [3.8, 4) is 17.2 Å². The second kappa shape index (κ2) is 14.2. The maximum atomic E-state index is 13.7. The molecule has 1 aromatic carbocycles. The van der Waals surface area contributed by atoms with Crippen LogP contribution in [0.2, 0.25) is 0 Å². The van der Waals surface area contributed by atoms with Gasteiger partial charge in [0, 0.05) is 56.9 Å². The fourth-order valence-corrected chi connectivity index (χ4v) is 6.29. The lowest BCUT2D eigenvalue weighted by atomic mass is 9.84. The van der Waals surface area contributed by atoms with Crippen molar-refractivity contribution >= 4 is 11.8 Å². The van der Waals surface area contributed by atoms with Gasteiger partial charge in [-0.1, -0.05) is 19.4 Å². The molecule has 0 aliphatic carbocycles. The van der Waals surface area contributed by atoms with Crippen LogP contribution in [0, 0.1) is 5.92 Å². The molecule has 4 atom stereocenters. The Labute approximate surface area is 238 Å². The van der Waals surface area contributed by atoms with Crippen LogP contribution in [-0.2, 0) is 9.59 Å². The van der Waals surface area contributed by atoms with Crippen molar-refractivity contribution in [2.24, 2.45) is 11.7 Å². The minimum Gasteiger partial charge on any atom is -0.493 e. The molecule has 4 rings (SSSR count). The molecule has 0 aromatic heterocycles. The van der Waals surface area contributed by atoms with E-state index < -0.39 is 6.23 Å². The summed E-state index contributed by atoms with van der Waals surface area (Å²) in [6.45, 7) is 9.90. The third kappa shape index (κ3) is 6.72. The number of amides is 2. The second-order valence-electron chi connectivity index (χ2n) is 11.0. The largest absolute Gasteiger partial charge is 0.493 e. The molecule has 2 saturated heterocycles. The number of hydrogen-bond acceptors (Lipinski definition) is 8. The number of unbranched alkanes of at least 4 members (excludes halogenated alkanes) is 2. The summed E-state index contributed by atoms with van der Waals surface area (Å²) < 4.78 is 16.9. The Morgan fingerprint density at radius 2 is 2.08 bits per heavy atom. The van der Waals surface area contributed by atoms with Crippen LogP contribution in [0.3, 0.4) is 0 Å². The highest BCUT2D eigenvalue weighted by Crippen LogP contribution is 2.47. The molecular formula is C30H46N4O6. The predicted octanol–water partition coefficient (Wildman–Crippen LogP) is 2.69. The first kappa shape index (κ1) is 30.1. The van der Waals surface area contributed by atoms with Gasteiger partial charge in [0.1, 0.15) is 6.23 Å². The summed E-state index contributed by atoms with van der Waals surface area (Å²) in [7, 11) is 1.61. The number of fused-ring (bicyclic) bond motifs is 1. The Hall–Kier alpha value is -2.82. The van der Waals surface area contributed by atoms with Crippen molar-refractivity contribution in [3.05, 3.63) is 30.4 Å². The summed E-state index contributed by atoms with van der Waals surface area (Å²) in [6, 6.07) is 3.97. The minimum atomic E-state index is -0.743. The number of aliphatic hydroxyl groups is 1. The van der Waals surface area contributed by atoms with Gasteiger partial charge in [-0.2, -0.15) is 0 Å². The molecule has 10 heteroatoms. The zero-order valence-corrected chi connectivity index (χ0v) is 24.1. The highest BCUT2D eigenvalue weighted by molar-refractivity contribution is 5.79. The number of likely N-dealkylation sites (tertiary alicyclic amines) is 2. The Bertz CT molecular complexity index is 1040. The van der Waals surface area contributed by atoms with Gasteiger partial charge in [-0.15, -0.1) is 6.58 Å². The van der Waals surface area contributed by atoms with Gasteiger partial charge < -0.3 is 34.9 Å². The van der Waals surface area contributed by atoms with Gasteiger partial charge >= 0.3 is 0 Å². The second-order valence-corrected chi connectivity index (χ2v) is 11.0. The Morgan fingerprint density at radius 1 is 1.27 bits per heavy atom. The minimum absolute atomic E-state index is 0.0222. The van der Waals surface area contributed by atoms with Crippen LogP contribution in [0.1, 0.15) is 63.4 Å². The number of hydrogen-bond donors (Lipinski definition) is 2. The van der Waals surface area contributed by atoms with E-state index in [0.717, 1.165) is 37.8 Å². The molecule has 3 heterocycles. The van der Waals surface area contributed by atoms with Gasteiger partial charge in [0.25, 0.3) is 0 Å². The highest BCUT2D eigenvalue weighted by atomic mass is 16.7. The van der Waals surface area contributed by atoms with Crippen LogP contribution in [0.25, 0.3) is 0 Å². The molecule has 0 bridgehead atoms. The number of rotatable bonds is 15. The molecule has 0 saturated carbocycles. The zero-order chi connectivity index (χ0) is 28.6. The summed E-state index contributed by atoms with van der Waals surface area (Å²) in [5.74, 6) is 2.03. The third-order valence-electron chi connectivity index (χ3n) is 8.51. The maximum absolute atomic E-state index is 13.7. The topological polar surface area (TPSA) is 118 Å². The molecule has 222 valence electrons. The average molecular weight is 559 g/mol.